The van der Waals surface area contributed by atoms with Gasteiger partial charge in [-0.15, -0.1) is 0 Å². The second kappa shape index (κ2) is 6.97. The summed E-state index contributed by atoms with van der Waals surface area (Å²) in [4.78, 5) is 16.8. The first-order valence-corrected chi connectivity index (χ1v) is 10.0. The number of aliphatic hydroxyl groups is 1. The van der Waals surface area contributed by atoms with Crippen molar-refractivity contribution in [3.05, 3.63) is 0 Å². The Labute approximate surface area is 160 Å². The van der Waals surface area contributed by atoms with Crippen molar-refractivity contribution in [1.82, 2.24) is 9.80 Å². The Balaban J connectivity index is 1.70. The van der Waals surface area contributed by atoms with Gasteiger partial charge in [0.05, 0.1) is 24.8 Å². The molecule has 0 aromatic carbocycles. The average Bonchev–Trinajstić information content (AvgIpc) is 3.26. The molecule has 2 unspecified atom stereocenters. The number of halogens is 2. The Morgan fingerprint density at radius 1 is 1.33 bits per heavy atom. The van der Waals surface area contributed by atoms with Crippen LogP contribution in [0.1, 0.15) is 59.3 Å². The molecule has 3 saturated heterocycles. The lowest BCUT2D eigenvalue weighted by Gasteiger charge is -2.40. The Hall–Kier alpha value is -1.26. The lowest BCUT2D eigenvalue weighted by molar-refractivity contribution is -0.141. The monoisotopic (exact) mass is 383 g/mol. The zero-order valence-electron chi connectivity index (χ0n) is 16.5. The molecule has 3 rings (SSSR count). The van der Waals surface area contributed by atoms with E-state index in [2.05, 4.69) is 6.07 Å². The van der Waals surface area contributed by atoms with E-state index in [1.807, 2.05) is 20.8 Å². The molecular formula is C20H31F2N3O2. The van der Waals surface area contributed by atoms with Crippen molar-refractivity contribution in [1.29, 1.82) is 5.26 Å². The molecule has 0 aliphatic carbocycles. The van der Waals surface area contributed by atoms with Gasteiger partial charge in [0.15, 0.2) is 0 Å². The molecule has 2 atom stereocenters. The Kier molecular flexibility index (Phi) is 5.28. The van der Waals surface area contributed by atoms with Gasteiger partial charge in [-0.05, 0) is 51.9 Å². The van der Waals surface area contributed by atoms with Gasteiger partial charge in [0.1, 0.15) is 5.92 Å². The predicted octanol–water partition coefficient (Wildman–Crippen LogP) is 2.79. The van der Waals surface area contributed by atoms with E-state index < -0.39 is 22.9 Å². The number of fused-ring (bicyclic) bond motifs is 2. The van der Waals surface area contributed by atoms with Crippen molar-refractivity contribution in [2.24, 2.45) is 11.8 Å². The van der Waals surface area contributed by atoms with E-state index in [0.717, 1.165) is 25.7 Å². The number of aliphatic hydroxyl groups excluding tert-OH is 1. The maximum absolute atomic E-state index is 13.6. The molecule has 0 aromatic rings. The van der Waals surface area contributed by atoms with Crippen molar-refractivity contribution in [2.45, 2.75) is 82.3 Å². The Bertz CT molecular complexity index is 623. The summed E-state index contributed by atoms with van der Waals surface area (Å²) in [5.74, 6) is -3.91. The van der Waals surface area contributed by atoms with E-state index in [1.54, 1.807) is 9.80 Å². The summed E-state index contributed by atoms with van der Waals surface area (Å²) >= 11 is 0. The van der Waals surface area contributed by atoms with Crippen molar-refractivity contribution in [3.8, 4) is 6.07 Å². The van der Waals surface area contributed by atoms with Gasteiger partial charge in [-0.2, -0.15) is 5.26 Å². The summed E-state index contributed by atoms with van der Waals surface area (Å²) in [5.41, 5.74) is -1.00. The molecule has 7 heteroatoms. The standard InChI is InChI=1S/C20H31F2N3O2/c1-14(10-18(2,3)24-9-8-20(21,22)12-24)16(11-23)17(27)25-15-4-6-19(25,13-26)7-5-15/h14-16,26H,4-10,12-13H2,1-3H3. The first-order valence-electron chi connectivity index (χ1n) is 10.0. The fourth-order valence-electron chi connectivity index (χ4n) is 5.54. The number of carbonyl (C=O) groups is 1. The van der Waals surface area contributed by atoms with Crippen LogP contribution >= 0.6 is 0 Å². The highest BCUT2D eigenvalue weighted by Gasteiger charge is 2.55. The summed E-state index contributed by atoms with van der Waals surface area (Å²) in [5, 5.41) is 19.6. The normalized spacial score (nSPS) is 32.5. The Morgan fingerprint density at radius 2 is 1.96 bits per heavy atom. The number of nitriles is 1. The fourth-order valence-corrected chi connectivity index (χ4v) is 5.54. The highest BCUT2D eigenvalue weighted by Crippen LogP contribution is 2.47. The molecule has 1 N–H and O–H groups in total. The number of carbonyl (C=O) groups excluding carboxylic acids is 1. The number of likely N-dealkylation sites (tertiary alicyclic amines) is 1. The van der Waals surface area contributed by atoms with E-state index in [9.17, 15) is 23.9 Å². The van der Waals surface area contributed by atoms with Crippen molar-refractivity contribution in [3.63, 3.8) is 0 Å². The van der Waals surface area contributed by atoms with Crippen LogP contribution in [0.15, 0.2) is 0 Å². The molecule has 3 aliphatic heterocycles. The summed E-state index contributed by atoms with van der Waals surface area (Å²) in [6.07, 6.45) is 3.71. The maximum atomic E-state index is 13.6. The number of amides is 1. The van der Waals surface area contributed by atoms with Gasteiger partial charge in [-0.25, -0.2) is 8.78 Å². The van der Waals surface area contributed by atoms with Crippen LogP contribution in [0.3, 0.4) is 0 Å². The summed E-state index contributed by atoms with van der Waals surface area (Å²) in [7, 11) is 0. The summed E-state index contributed by atoms with van der Waals surface area (Å²) in [6.45, 7) is 5.71. The lowest BCUT2D eigenvalue weighted by atomic mass is 9.82. The fraction of sp³-hybridized carbons (Fsp3) is 0.900. The molecule has 2 bridgehead atoms. The zero-order chi connectivity index (χ0) is 20.0. The molecule has 152 valence electrons. The first kappa shape index (κ1) is 20.5. The minimum Gasteiger partial charge on any atom is -0.394 e. The highest BCUT2D eigenvalue weighted by molar-refractivity contribution is 5.83. The van der Waals surface area contributed by atoms with Crippen LogP contribution in [-0.4, -0.2) is 63.6 Å². The van der Waals surface area contributed by atoms with Crippen LogP contribution in [0.5, 0.6) is 0 Å². The molecule has 27 heavy (non-hydrogen) atoms. The third-order valence-corrected chi connectivity index (χ3v) is 7.12. The average molecular weight is 383 g/mol. The van der Waals surface area contributed by atoms with E-state index in [-0.39, 0.29) is 37.4 Å². The predicted molar refractivity (Wildman–Crippen MR) is 97.0 cm³/mol. The van der Waals surface area contributed by atoms with Crippen LogP contribution < -0.4 is 0 Å². The van der Waals surface area contributed by atoms with Gasteiger partial charge in [0, 0.05) is 24.5 Å². The molecule has 0 spiro atoms. The topological polar surface area (TPSA) is 67.6 Å². The van der Waals surface area contributed by atoms with Crippen molar-refractivity contribution < 1.29 is 18.7 Å². The molecule has 0 saturated carbocycles. The molecular weight excluding hydrogens is 352 g/mol. The van der Waals surface area contributed by atoms with Gasteiger partial charge in [0.25, 0.3) is 5.92 Å². The van der Waals surface area contributed by atoms with E-state index in [1.165, 1.54) is 0 Å². The second-order valence-electron chi connectivity index (χ2n) is 9.45. The van der Waals surface area contributed by atoms with Gasteiger partial charge in [-0.3, -0.25) is 9.69 Å². The number of hydrogen-bond acceptors (Lipinski definition) is 4. The van der Waals surface area contributed by atoms with Crippen molar-refractivity contribution in [2.75, 3.05) is 19.7 Å². The second-order valence-corrected chi connectivity index (χ2v) is 9.45. The van der Waals surface area contributed by atoms with Crippen molar-refractivity contribution >= 4 is 5.91 Å². The Morgan fingerprint density at radius 3 is 2.44 bits per heavy atom. The largest absolute Gasteiger partial charge is 0.394 e. The summed E-state index contributed by atoms with van der Waals surface area (Å²) < 4.78 is 27.2. The van der Waals surface area contributed by atoms with Crippen LogP contribution in [-0.2, 0) is 4.79 Å². The maximum Gasteiger partial charge on any atom is 0.261 e. The van der Waals surface area contributed by atoms with Crippen LogP contribution in [0.25, 0.3) is 0 Å². The third-order valence-electron chi connectivity index (χ3n) is 7.12. The van der Waals surface area contributed by atoms with Crippen LogP contribution in [0, 0.1) is 23.2 Å². The quantitative estimate of drug-likeness (QED) is 0.766. The van der Waals surface area contributed by atoms with Crippen LogP contribution in [0.4, 0.5) is 8.78 Å². The number of alkyl halides is 2. The molecule has 5 nitrogen and oxygen atoms in total. The molecule has 3 fully saturated rings. The van der Waals surface area contributed by atoms with Gasteiger partial charge < -0.3 is 10.0 Å². The zero-order valence-corrected chi connectivity index (χ0v) is 16.5. The minimum absolute atomic E-state index is 0.0594. The highest BCUT2D eigenvalue weighted by atomic mass is 19.3. The number of rotatable bonds is 6. The molecule has 0 radical (unpaired) electrons. The molecule has 3 aliphatic rings. The van der Waals surface area contributed by atoms with E-state index in [0.29, 0.717) is 13.0 Å². The number of hydrogen-bond donors (Lipinski definition) is 1. The third kappa shape index (κ3) is 3.58. The van der Waals surface area contributed by atoms with Gasteiger partial charge in [-0.1, -0.05) is 6.92 Å². The molecule has 0 aromatic heterocycles. The van der Waals surface area contributed by atoms with E-state index in [4.69, 9.17) is 0 Å². The van der Waals surface area contributed by atoms with Crippen LogP contribution in [0.2, 0.25) is 0 Å². The summed E-state index contributed by atoms with van der Waals surface area (Å²) in [6, 6.07) is 2.30. The lowest BCUT2D eigenvalue weighted by Crippen LogP contribution is -2.51. The molecule has 1 amide bonds. The van der Waals surface area contributed by atoms with E-state index >= 15 is 0 Å². The SMILES string of the molecule is CC(CC(C)(C)N1CCC(F)(F)C1)C(C#N)C(=O)N1C2CCC1(CO)CC2. The van der Waals surface area contributed by atoms with Gasteiger partial charge >= 0.3 is 0 Å². The van der Waals surface area contributed by atoms with Gasteiger partial charge in [0.2, 0.25) is 5.91 Å². The molecule has 3 heterocycles. The smallest absolute Gasteiger partial charge is 0.261 e. The minimum atomic E-state index is -2.66. The first-order chi connectivity index (χ1) is 12.6. The number of nitrogens with zero attached hydrogens (tertiary/aromatic N) is 3.